The third-order valence-electron chi connectivity index (χ3n) is 2.79. The van der Waals surface area contributed by atoms with Crippen LogP contribution in [-0.2, 0) is 11.9 Å². The second kappa shape index (κ2) is 5.48. The molecule has 0 radical (unpaired) electrons. The first-order valence-corrected chi connectivity index (χ1v) is 6.93. The molecular formula is C12H13BrN4O2. The molecule has 2 rings (SSSR count). The Labute approximate surface area is 118 Å². The molecule has 0 aliphatic carbocycles. The Balaban J connectivity index is 2.58. The number of nitro benzene ring substituents is 1. The Kier molecular flexibility index (Phi) is 3.94. The van der Waals surface area contributed by atoms with Gasteiger partial charge in [0.25, 0.3) is 5.69 Å². The van der Waals surface area contributed by atoms with Crippen LogP contribution in [0.4, 0.5) is 5.69 Å². The molecule has 6 nitrogen and oxygen atoms in total. The molecule has 100 valence electrons. The van der Waals surface area contributed by atoms with E-state index < -0.39 is 4.92 Å². The van der Waals surface area contributed by atoms with Gasteiger partial charge in [-0.1, -0.05) is 15.9 Å². The summed E-state index contributed by atoms with van der Waals surface area (Å²) in [6.45, 7) is 4.53. The van der Waals surface area contributed by atoms with Crippen LogP contribution in [0.15, 0.2) is 18.2 Å². The molecule has 0 saturated heterocycles. The van der Waals surface area contributed by atoms with Crippen molar-refractivity contribution in [3.63, 3.8) is 0 Å². The van der Waals surface area contributed by atoms with Crippen molar-refractivity contribution >= 4 is 21.6 Å². The monoisotopic (exact) mass is 324 g/mol. The minimum absolute atomic E-state index is 0.0704. The van der Waals surface area contributed by atoms with Gasteiger partial charge < -0.3 is 4.57 Å². The van der Waals surface area contributed by atoms with E-state index in [9.17, 15) is 10.1 Å². The first-order chi connectivity index (χ1) is 9.06. The molecule has 0 unspecified atom stereocenters. The molecule has 2 aromatic rings. The van der Waals surface area contributed by atoms with Crippen molar-refractivity contribution in [1.29, 1.82) is 0 Å². The predicted octanol–water partition coefficient (Wildman–Crippen LogP) is 3.08. The lowest BCUT2D eigenvalue weighted by Crippen LogP contribution is -2.02. The second-order valence-corrected chi connectivity index (χ2v) is 4.69. The van der Waals surface area contributed by atoms with Gasteiger partial charge in [-0.25, -0.2) is 0 Å². The molecule has 1 heterocycles. The highest BCUT2D eigenvalue weighted by atomic mass is 79.9. The summed E-state index contributed by atoms with van der Waals surface area (Å²) in [6, 6.07) is 4.95. The highest BCUT2D eigenvalue weighted by Gasteiger charge is 2.15. The van der Waals surface area contributed by atoms with Gasteiger partial charge >= 0.3 is 0 Å². The summed E-state index contributed by atoms with van der Waals surface area (Å²) in [5, 5.41) is 19.7. The van der Waals surface area contributed by atoms with Crippen molar-refractivity contribution in [1.82, 2.24) is 14.8 Å². The number of hydrogen-bond donors (Lipinski definition) is 0. The fourth-order valence-corrected chi connectivity index (χ4v) is 2.39. The van der Waals surface area contributed by atoms with Gasteiger partial charge in [0.1, 0.15) is 5.82 Å². The quantitative estimate of drug-likeness (QED) is 0.492. The Morgan fingerprint density at radius 3 is 2.68 bits per heavy atom. The summed E-state index contributed by atoms with van der Waals surface area (Å²) in [7, 11) is 0. The molecule has 0 fully saturated rings. The van der Waals surface area contributed by atoms with Crippen LogP contribution in [0, 0.1) is 17.0 Å². The van der Waals surface area contributed by atoms with E-state index in [0.717, 1.165) is 11.4 Å². The van der Waals surface area contributed by atoms with Crippen LogP contribution in [0.5, 0.6) is 0 Å². The maximum atomic E-state index is 10.9. The molecule has 0 aliphatic rings. The lowest BCUT2D eigenvalue weighted by atomic mass is 10.1. The number of nitrogens with zero attached hydrogens (tertiary/aromatic N) is 4. The molecule has 0 N–H and O–H groups in total. The zero-order valence-electron chi connectivity index (χ0n) is 10.6. The highest BCUT2D eigenvalue weighted by molar-refractivity contribution is 9.08. The normalized spacial score (nSPS) is 10.7. The number of nitro groups is 1. The van der Waals surface area contributed by atoms with Gasteiger partial charge in [0.05, 0.1) is 10.3 Å². The molecule has 19 heavy (non-hydrogen) atoms. The van der Waals surface area contributed by atoms with E-state index in [1.54, 1.807) is 6.07 Å². The molecule has 0 aliphatic heterocycles. The molecule has 7 heteroatoms. The summed E-state index contributed by atoms with van der Waals surface area (Å²) in [5.74, 6) is 1.46. The van der Waals surface area contributed by atoms with E-state index in [1.807, 2.05) is 24.5 Å². The molecule has 0 bridgehead atoms. The van der Waals surface area contributed by atoms with Crippen LogP contribution >= 0.6 is 15.9 Å². The van der Waals surface area contributed by atoms with Crippen LogP contribution in [0.1, 0.15) is 18.3 Å². The van der Waals surface area contributed by atoms with Crippen LogP contribution in [0.3, 0.4) is 0 Å². The van der Waals surface area contributed by atoms with Gasteiger partial charge in [-0.15, -0.1) is 10.2 Å². The van der Waals surface area contributed by atoms with E-state index in [2.05, 4.69) is 26.1 Å². The van der Waals surface area contributed by atoms with E-state index in [4.69, 9.17) is 0 Å². The largest absolute Gasteiger partial charge is 0.311 e. The number of aromatic nitrogens is 3. The van der Waals surface area contributed by atoms with Gasteiger partial charge in [-0.2, -0.15) is 0 Å². The van der Waals surface area contributed by atoms with Crippen LogP contribution < -0.4 is 0 Å². The summed E-state index contributed by atoms with van der Waals surface area (Å²) in [6.07, 6.45) is 0. The maximum Gasteiger partial charge on any atom is 0.270 e. The molecule has 0 atom stereocenters. The lowest BCUT2D eigenvalue weighted by molar-refractivity contribution is -0.384. The zero-order valence-corrected chi connectivity index (χ0v) is 12.2. The maximum absolute atomic E-state index is 10.9. The van der Waals surface area contributed by atoms with Crippen molar-refractivity contribution in [2.75, 3.05) is 0 Å². The zero-order chi connectivity index (χ0) is 14.0. The van der Waals surface area contributed by atoms with Crippen molar-refractivity contribution < 1.29 is 4.92 Å². The number of rotatable bonds is 4. The van der Waals surface area contributed by atoms with Crippen LogP contribution in [0.25, 0.3) is 11.4 Å². The minimum atomic E-state index is -0.394. The molecule has 0 saturated carbocycles. The van der Waals surface area contributed by atoms with Crippen molar-refractivity contribution in [2.24, 2.45) is 0 Å². The van der Waals surface area contributed by atoms with E-state index in [-0.39, 0.29) is 5.69 Å². The highest BCUT2D eigenvalue weighted by Crippen LogP contribution is 2.25. The van der Waals surface area contributed by atoms with Crippen molar-refractivity contribution in [3.8, 4) is 11.4 Å². The van der Waals surface area contributed by atoms with Gasteiger partial charge in [0.2, 0.25) is 0 Å². The Hall–Kier alpha value is -1.76. The first kappa shape index (κ1) is 13.7. The molecule has 0 amide bonds. The second-order valence-electron chi connectivity index (χ2n) is 4.13. The fourth-order valence-electron chi connectivity index (χ4n) is 1.98. The summed E-state index contributed by atoms with van der Waals surface area (Å²) < 4.78 is 1.94. The van der Waals surface area contributed by atoms with Crippen molar-refractivity contribution in [2.45, 2.75) is 25.7 Å². The minimum Gasteiger partial charge on any atom is -0.311 e. The average Bonchev–Trinajstić information content (AvgIpc) is 2.80. The van der Waals surface area contributed by atoms with Crippen LogP contribution in [-0.4, -0.2) is 19.7 Å². The van der Waals surface area contributed by atoms with Gasteiger partial charge in [-0.05, 0) is 25.5 Å². The lowest BCUT2D eigenvalue weighted by Gasteiger charge is -2.06. The predicted molar refractivity (Wildman–Crippen MR) is 75.2 cm³/mol. The number of aryl methyl sites for hydroxylation is 1. The van der Waals surface area contributed by atoms with E-state index in [0.29, 0.717) is 23.3 Å². The number of hydrogen-bond acceptors (Lipinski definition) is 4. The summed E-state index contributed by atoms with van der Waals surface area (Å²) in [4.78, 5) is 10.5. The Morgan fingerprint density at radius 1 is 1.37 bits per heavy atom. The molecule has 0 spiro atoms. The summed E-state index contributed by atoms with van der Waals surface area (Å²) in [5.41, 5.74) is 1.62. The van der Waals surface area contributed by atoms with Gasteiger partial charge in [0, 0.05) is 24.2 Å². The van der Waals surface area contributed by atoms with E-state index >= 15 is 0 Å². The van der Waals surface area contributed by atoms with E-state index in [1.165, 1.54) is 6.07 Å². The standard InChI is InChI=1S/C12H13BrN4O2/c1-3-16-11(7-13)14-15-12(16)9-4-8(2)5-10(6-9)17(18)19/h4-6H,3,7H2,1-2H3. The topological polar surface area (TPSA) is 73.8 Å². The molecule has 1 aromatic heterocycles. The average molecular weight is 325 g/mol. The first-order valence-electron chi connectivity index (χ1n) is 5.81. The third kappa shape index (κ3) is 2.65. The van der Waals surface area contributed by atoms with Gasteiger partial charge in [0.15, 0.2) is 5.82 Å². The molecular weight excluding hydrogens is 312 g/mol. The number of non-ortho nitro benzene ring substituents is 1. The summed E-state index contributed by atoms with van der Waals surface area (Å²) >= 11 is 3.36. The Morgan fingerprint density at radius 2 is 2.11 bits per heavy atom. The third-order valence-corrected chi connectivity index (χ3v) is 3.30. The van der Waals surface area contributed by atoms with Crippen molar-refractivity contribution in [3.05, 3.63) is 39.7 Å². The van der Waals surface area contributed by atoms with Crippen LogP contribution in [0.2, 0.25) is 0 Å². The SMILES string of the molecule is CCn1c(CBr)nnc1-c1cc(C)cc([N+](=O)[O-])c1. The Bertz CT molecular complexity index is 624. The molecule has 1 aromatic carbocycles. The fraction of sp³-hybridized carbons (Fsp3) is 0.333. The van der Waals surface area contributed by atoms with Gasteiger partial charge in [-0.3, -0.25) is 10.1 Å². The number of benzene rings is 1. The number of halogens is 1. The number of alkyl halides is 1. The smallest absolute Gasteiger partial charge is 0.270 e.